The largest absolute Gasteiger partial charge is 0.309 e. The van der Waals surface area contributed by atoms with Crippen LogP contribution in [0.4, 0.5) is 0 Å². The summed E-state index contributed by atoms with van der Waals surface area (Å²) in [6.07, 6.45) is 0. The summed E-state index contributed by atoms with van der Waals surface area (Å²) in [4.78, 5) is 11.4. The molecule has 117 heavy (non-hydrogen) atoms. The van der Waals surface area contributed by atoms with E-state index in [4.69, 9.17) is 9.97 Å². The van der Waals surface area contributed by atoms with Crippen molar-refractivity contribution in [2.75, 3.05) is 0 Å². The average Bonchev–Trinajstić information content (AvgIpc) is 1.52. The highest BCUT2D eigenvalue weighted by Crippen LogP contribution is 2.59. The topological polar surface area (TPSA) is 45.5 Å². The van der Waals surface area contributed by atoms with Crippen molar-refractivity contribution in [3.8, 4) is 89.9 Å². The van der Waals surface area contributed by atoms with E-state index < -0.39 is 5.41 Å². The third-order valence-electron chi connectivity index (χ3n) is 26.9. The van der Waals surface area contributed by atoms with Crippen LogP contribution < -0.4 is 0 Å². The molecular weight excluding hydrogens is 1420 g/mol. The van der Waals surface area contributed by atoms with Crippen LogP contribution in [0.5, 0.6) is 0 Å². The fraction of sp³-hybridized carbons (Fsp3) is 0.0631. The van der Waals surface area contributed by atoms with E-state index in [1.165, 1.54) is 155 Å². The molecule has 5 aromatic heterocycles. The van der Waals surface area contributed by atoms with E-state index in [9.17, 15) is 0 Å². The molecule has 3 aliphatic carbocycles. The predicted molar refractivity (Wildman–Crippen MR) is 486 cm³/mol. The van der Waals surface area contributed by atoms with E-state index >= 15 is 0 Å². The second-order valence-corrected chi connectivity index (χ2v) is 33.5. The van der Waals surface area contributed by atoms with Crippen LogP contribution in [0.1, 0.15) is 72.2 Å². The van der Waals surface area contributed by atoms with Crippen molar-refractivity contribution < 1.29 is 0 Å². The average molecular weight is 1490 g/mol. The molecular formula is C111H74N6. The lowest BCUT2D eigenvalue weighted by atomic mass is 9.67. The quantitative estimate of drug-likeness (QED) is 0.145. The van der Waals surface area contributed by atoms with Crippen LogP contribution in [-0.2, 0) is 16.2 Å². The molecule has 6 heteroatoms. The lowest BCUT2D eigenvalue weighted by Gasteiger charge is -2.34. The maximum atomic E-state index is 5.82. The number of hydrogen-bond acceptors (Lipinski definition) is 2. The first-order chi connectivity index (χ1) is 57.5. The monoisotopic (exact) mass is 1490 g/mol. The second kappa shape index (κ2) is 24.2. The molecule has 0 spiro atoms. The van der Waals surface area contributed by atoms with Crippen LogP contribution in [-0.4, -0.2) is 28.2 Å². The molecule has 0 N–H and O–H groups in total. The smallest absolute Gasteiger partial charge is 0.235 e. The summed E-state index contributed by atoms with van der Waals surface area (Å²) in [5, 5.41) is 10.6. The Hall–Kier alpha value is -14.7. The fourth-order valence-corrected chi connectivity index (χ4v) is 21.5. The highest BCUT2D eigenvalue weighted by molar-refractivity contribution is 6.16. The molecule has 5 heterocycles. The van der Waals surface area contributed by atoms with Gasteiger partial charge >= 0.3 is 0 Å². The zero-order valence-corrected chi connectivity index (χ0v) is 65.0. The van der Waals surface area contributed by atoms with E-state index in [1.54, 1.807) is 0 Å². The minimum atomic E-state index is -0.749. The number of rotatable bonds is 9. The Morgan fingerprint density at radius 2 is 0.513 bits per heavy atom. The van der Waals surface area contributed by atoms with Crippen molar-refractivity contribution in [2.24, 2.45) is 0 Å². The second-order valence-electron chi connectivity index (χ2n) is 33.5. The van der Waals surface area contributed by atoms with Gasteiger partial charge in [0, 0.05) is 81.9 Å². The Morgan fingerprint density at radius 1 is 0.205 bits per heavy atom. The van der Waals surface area contributed by atoms with Gasteiger partial charge in [-0.2, -0.15) is 0 Å². The van der Waals surface area contributed by atoms with Gasteiger partial charge in [0.15, 0.2) is 0 Å². The SMILES string of the molecule is CC1(C)c2ccccc2-c2ccc(-n3c4ccccc4c4cc(-c5ccc6c(c5)c5ccccc5n6-c5ccc6c(c5)C(c5ccccc5)(c5ccccc5)c5cc(-c7nc(-n8c9ccccc9c9cc(-c%10ccc%11c(c%10)c%10ccccc%10n%11-c%10ccc%11c(c%10)C(C)(C)c%10ccccc%10-%11)ccc98)nc8ccccc78)ccc5-6)ccc43)cc21. The van der Waals surface area contributed by atoms with Gasteiger partial charge in [0.05, 0.1) is 60.8 Å². The lowest BCUT2D eigenvalue weighted by molar-refractivity contribution is 0.660. The number of fused-ring (bicyclic) bond motifs is 22. The van der Waals surface area contributed by atoms with Crippen LogP contribution in [0.3, 0.4) is 0 Å². The summed E-state index contributed by atoms with van der Waals surface area (Å²) in [7, 11) is 0. The molecule has 0 radical (unpaired) electrons. The minimum Gasteiger partial charge on any atom is -0.309 e. The van der Waals surface area contributed by atoms with Crippen molar-refractivity contribution in [3.63, 3.8) is 0 Å². The molecule has 548 valence electrons. The summed E-state index contributed by atoms with van der Waals surface area (Å²) < 4.78 is 9.71. The summed E-state index contributed by atoms with van der Waals surface area (Å²) in [6.45, 7) is 9.46. The van der Waals surface area contributed by atoms with Crippen molar-refractivity contribution in [3.05, 3.63) is 421 Å². The molecule has 0 atom stereocenters. The molecule has 0 fully saturated rings. The van der Waals surface area contributed by atoms with Crippen LogP contribution in [0.15, 0.2) is 376 Å². The molecule has 0 aliphatic heterocycles. The maximum absolute atomic E-state index is 5.82. The van der Waals surface area contributed by atoms with Crippen LogP contribution in [0, 0.1) is 0 Å². The highest BCUT2D eigenvalue weighted by Gasteiger charge is 2.47. The van der Waals surface area contributed by atoms with Gasteiger partial charge in [-0.3, -0.25) is 4.57 Å². The first kappa shape index (κ1) is 65.8. The highest BCUT2D eigenvalue weighted by atomic mass is 15.2. The third-order valence-corrected chi connectivity index (χ3v) is 26.9. The molecule has 0 amide bonds. The zero-order valence-electron chi connectivity index (χ0n) is 65.0. The first-order valence-electron chi connectivity index (χ1n) is 40.8. The number of benzene rings is 17. The molecule has 0 bridgehead atoms. The van der Waals surface area contributed by atoms with Crippen molar-refractivity contribution in [1.29, 1.82) is 0 Å². The number of para-hydroxylation sites is 5. The van der Waals surface area contributed by atoms with E-state index in [0.29, 0.717) is 5.95 Å². The molecule has 17 aromatic carbocycles. The van der Waals surface area contributed by atoms with Crippen molar-refractivity contribution in [2.45, 2.75) is 43.9 Å². The Bertz CT molecular complexity index is 8040. The molecule has 0 unspecified atom stereocenters. The van der Waals surface area contributed by atoms with E-state index in [0.717, 1.165) is 71.8 Å². The van der Waals surface area contributed by atoms with E-state index in [2.05, 4.69) is 422 Å². The number of aromatic nitrogens is 6. The standard InChI is InChI=1S/C111H74N6/c1-109(2)92-36-18-11-29-77(92)79-52-48-74(64-94(79)109)114-99-39-21-14-31-83(99)88-59-67(44-55-103(88)114)68-46-57-105-90(60-68)85-33-16-23-41-101(85)116(105)76-50-54-82-81-51-43-71(63-96(81)111(97(82)66-76,72-25-7-5-8-26-72)73-27-9-6-10-28-73)107-87-35-13-20-38-98(87)112-108(113-107)117-102-42-24-17-34-86(102)91-62-70(47-58-106(91)117)69-45-56-104-89(61-69)84-32-15-22-40-100(84)115(104)75-49-53-80-78-30-12-19-37-93(78)110(3,4)95(80)65-75/h5-66H,1-4H3. The molecule has 3 aliphatic rings. The fourth-order valence-electron chi connectivity index (χ4n) is 21.5. The van der Waals surface area contributed by atoms with Crippen LogP contribution >= 0.6 is 0 Å². The van der Waals surface area contributed by atoms with Crippen molar-refractivity contribution >= 4 is 98.1 Å². The maximum Gasteiger partial charge on any atom is 0.235 e. The number of nitrogens with zero attached hydrogens (tertiary/aromatic N) is 6. The predicted octanol–water partition coefficient (Wildman–Crippen LogP) is 28.0. The molecule has 22 aromatic rings. The van der Waals surface area contributed by atoms with Gasteiger partial charge in [-0.15, -0.1) is 0 Å². The molecule has 0 saturated carbocycles. The molecule has 6 nitrogen and oxygen atoms in total. The summed E-state index contributed by atoms with van der Waals surface area (Å²) in [6, 6.07) is 141. The van der Waals surface area contributed by atoms with Gasteiger partial charge in [-0.05, 0) is 221 Å². The van der Waals surface area contributed by atoms with Gasteiger partial charge in [0.1, 0.15) is 0 Å². The Balaban J connectivity index is 0.603. The van der Waals surface area contributed by atoms with Gasteiger partial charge in [0.2, 0.25) is 5.95 Å². The van der Waals surface area contributed by atoms with E-state index in [1.807, 2.05) is 0 Å². The minimum absolute atomic E-state index is 0.110. The Labute approximate surface area is 676 Å². The van der Waals surface area contributed by atoms with Gasteiger partial charge in [-0.1, -0.05) is 282 Å². The summed E-state index contributed by atoms with van der Waals surface area (Å²) >= 11 is 0. The van der Waals surface area contributed by atoms with Gasteiger partial charge in [0.25, 0.3) is 0 Å². The lowest BCUT2D eigenvalue weighted by Crippen LogP contribution is -2.28. The summed E-state index contributed by atoms with van der Waals surface area (Å²) in [5.41, 5.74) is 37.1. The molecule has 25 rings (SSSR count). The zero-order chi connectivity index (χ0) is 77.3. The Kier molecular flexibility index (Phi) is 13.6. The van der Waals surface area contributed by atoms with Crippen LogP contribution in [0.2, 0.25) is 0 Å². The Morgan fingerprint density at radius 3 is 0.949 bits per heavy atom. The van der Waals surface area contributed by atoms with Gasteiger partial charge in [-0.25, -0.2) is 9.97 Å². The van der Waals surface area contributed by atoms with E-state index in [-0.39, 0.29) is 10.8 Å². The third kappa shape index (κ3) is 9.15. The number of hydrogen-bond donors (Lipinski definition) is 0. The normalized spacial score (nSPS) is 14.0. The summed E-state index contributed by atoms with van der Waals surface area (Å²) in [5.74, 6) is 0.618. The van der Waals surface area contributed by atoms with Crippen LogP contribution in [0.25, 0.3) is 188 Å². The van der Waals surface area contributed by atoms with Crippen molar-refractivity contribution in [1.82, 2.24) is 28.2 Å². The molecule has 0 saturated heterocycles. The first-order valence-corrected chi connectivity index (χ1v) is 40.8. The van der Waals surface area contributed by atoms with Gasteiger partial charge < -0.3 is 13.7 Å².